The molecule has 0 heterocycles. The highest BCUT2D eigenvalue weighted by Gasteiger charge is 2.39. The highest BCUT2D eigenvalue weighted by atomic mass is 16.3. The zero-order valence-electron chi connectivity index (χ0n) is 15.2. The molecule has 1 rings (SSSR count). The number of aliphatic hydroxyl groups is 3. The Balaban J connectivity index is 2.40. The van der Waals surface area contributed by atoms with Gasteiger partial charge >= 0.3 is 0 Å². The lowest BCUT2D eigenvalue weighted by Crippen LogP contribution is -2.19. The Morgan fingerprint density at radius 3 is 2.54 bits per heavy atom. The first-order chi connectivity index (χ1) is 11.6. The summed E-state index contributed by atoms with van der Waals surface area (Å²) in [4.78, 5) is 12.1. The summed E-state index contributed by atoms with van der Waals surface area (Å²) in [5.74, 6) is -0.141. The number of Topliss-reactive ketones (excluding diaryl/α,β-unsaturated/α-hetero) is 1. The second-order valence-corrected chi connectivity index (χ2v) is 7.16. The molecule has 4 atom stereocenters. The molecule has 0 unspecified atom stereocenters. The molecule has 24 heavy (non-hydrogen) atoms. The molecule has 4 heteroatoms. The first kappa shape index (κ1) is 21.3. The summed E-state index contributed by atoms with van der Waals surface area (Å²) in [7, 11) is 0. The molecule has 4 nitrogen and oxygen atoms in total. The van der Waals surface area contributed by atoms with Crippen molar-refractivity contribution in [2.75, 3.05) is 6.61 Å². The molecule has 0 aromatic heterocycles. The lowest BCUT2D eigenvalue weighted by Gasteiger charge is -2.18. The number of ketones is 1. The van der Waals surface area contributed by atoms with E-state index in [1.807, 2.05) is 6.08 Å². The molecular weight excluding hydrogens is 304 g/mol. The molecular formula is C20H36O4. The van der Waals surface area contributed by atoms with E-state index >= 15 is 0 Å². The van der Waals surface area contributed by atoms with Crippen LogP contribution in [0, 0.1) is 11.8 Å². The average molecular weight is 341 g/mol. The maximum absolute atomic E-state index is 12.1. The van der Waals surface area contributed by atoms with Crippen molar-refractivity contribution < 1.29 is 20.1 Å². The summed E-state index contributed by atoms with van der Waals surface area (Å²) in [6.45, 7) is 2.39. The van der Waals surface area contributed by atoms with Crippen molar-refractivity contribution in [1.29, 1.82) is 0 Å². The van der Waals surface area contributed by atoms with Crippen LogP contribution < -0.4 is 0 Å². The fraction of sp³-hybridized carbons (Fsp3) is 0.850. The number of rotatable bonds is 13. The van der Waals surface area contributed by atoms with E-state index in [1.165, 1.54) is 0 Å². The van der Waals surface area contributed by atoms with E-state index in [9.17, 15) is 15.0 Å². The number of carbonyl (C=O) groups excluding carboxylic acids is 1. The van der Waals surface area contributed by atoms with Gasteiger partial charge in [-0.1, -0.05) is 64.0 Å². The Labute approximate surface area is 147 Å². The summed E-state index contributed by atoms with van der Waals surface area (Å²) in [5, 5.41) is 28.9. The van der Waals surface area contributed by atoms with Crippen LogP contribution >= 0.6 is 0 Å². The summed E-state index contributed by atoms with van der Waals surface area (Å²) in [5.41, 5.74) is 0. The normalized spacial score (nSPS) is 25.7. The third-order valence-electron chi connectivity index (χ3n) is 5.08. The summed E-state index contributed by atoms with van der Waals surface area (Å²) < 4.78 is 0. The van der Waals surface area contributed by atoms with Gasteiger partial charge in [-0.05, 0) is 25.2 Å². The summed E-state index contributed by atoms with van der Waals surface area (Å²) >= 11 is 0. The highest BCUT2D eigenvalue weighted by Crippen LogP contribution is 2.34. The van der Waals surface area contributed by atoms with Crippen LogP contribution in [0.5, 0.6) is 0 Å². The SMILES string of the molecule is CCCCC[C@H](O)/C=C/[C@H]1C(=O)C[C@H](O)[C@H]1CCCCCCCO. The molecule has 1 aliphatic rings. The topological polar surface area (TPSA) is 77.8 Å². The van der Waals surface area contributed by atoms with Gasteiger partial charge in [-0.3, -0.25) is 4.79 Å². The largest absolute Gasteiger partial charge is 0.396 e. The van der Waals surface area contributed by atoms with E-state index in [-0.39, 0.29) is 30.6 Å². The Kier molecular flexibility index (Phi) is 11.2. The van der Waals surface area contributed by atoms with Crippen LogP contribution in [0.4, 0.5) is 0 Å². The Morgan fingerprint density at radius 1 is 1.12 bits per heavy atom. The molecule has 0 saturated heterocycles. The first-order valence-corrected chi connectivity index (χ1v) is 9.78. The van der Waals surface area contributed by atoms with Crippen molar-refractivity contribution in [1.82, 2.24) is 0 Å². The van der Waals surface area contributed by atoms with Gasteiger partial charge < -0.3 is 15.3 Å². The van der Waals surface area contributed by atoms with Crippen LogP contribution in [-0.4, -0.2) is 39.9 Å². The van der Waals surface area contributed by atoms with Crippen molar-refractivity contribution in [3.63, 3.8) is 0 Å². The van der Waals surface area contributed by atoms with Crippen molar-refractivity contribution >= 4 is 5.78 Å². The van der Waals surface area contributed by atoms with Crippen LogP contribution in [0.15, 0.2) is 12.2 Å². The molecule has 1 aliphatic carbocycles. The third-order valence-corrected chi connectivity index (χ3v) is 5.08. The Hall–Kier alpha value is -0.710. The first-order valence-electron chi connectivity index (χ1n) is 9.78. The lowest BCUT2D eigenvalue weighted by atomic mass is 9.88. The number of hydrogen-bond donors (Lipinski definition) is 3. The van der Waals surface area contributed by atoms with Crippen molar-refractivity contribution in [3.8, 4) is 0 Å². The number of hydrogen-bond acceptors (Lipinski definition) is 4. The third kappa shape index (κ3) is 7.91. The predicted octanol–water partition coefficient (Wildman–Crippen LogP) is 3.38. The quantitative estimate of drug-likeness (QED) is 0.355. The Morgan fingerprint density at radius 2 is 1.83 bits per heavy atom. The zero-order chi connectivity index (χ0) is 17.8. The number of allylic oxidation sites excluding steroid dienone is 1. The molecule has 140 valence electrons. The van der Waals surface area contributed by atoms with Gasteiger partial charge in [-0.15, -0.1) is 0 Å². The highest BCUT2D eigenvalue weighted by molar-refractivity contribution is 5.85. The van der Waals surface area contributed by atoms with Crippen molar-refractivity contribution in [2.45, 2.75) is 89.8 Å². The fourth-order valence-corrected chi connectivity index (χ4v) is 3.56. The molecule has 0 aromatic rings. The van der Waals surface area contributed by atoms with Gasteiger partial charge in [-0.2, -0.15) is 0 Å². The van der Waals surface area contributed by atoms with Gasteiger partial charge in [0.2, 0.25) is 0 Å². The maximum Gasteiger partial charge on any atom is 0.142 e. The number of carbonyl (C=O) groups is 1. The molecule has 0 spiro atoms. The van der Waals surface area contributed by atoms with Gasteiger partial charge in [0.25, 0.3) is 0 Å². The number of unbranched alkanes of at least 4 members (excludes halogenated alkanes) is 6. The minimum absolute atomic E-state index is 0.00515. The minimum Gasteiger partial charge on any atom is -0.396 e. The summed E-state index contributed by atoms with van der Waals surface area (Å²) in [6, 6.07) is 0. The molecule has 0 amide bonds. The monoisotopic (exact) mass is 340 g/mol. The predicted molar refractivity (Wildman–Crippen MR) is 96.7 cm³/mol. The molecule has 0 bridgehead atoms. The standard InChI is InChI=1S/C20H36O4/c1-2-3-7-10-16(22)12-13-18-17(19(23)15-20(18)24)11-8-5-4-6-9-14-21/h12-13,16-19,21-23H,2-11,14-15H2,1H3/b13-12+/t16-,17-,18+,19-/m0/s1. The minimum atomic E-state index is -0.540. The van der Waals surface area contributed by atoms with E-state index in [0.717, 1.165) is 64.2 Å². The zero-order valence-corrected chi connectivity index (χ0v) is 15.2. The van der Waals surface area contributed by atoms with Crippen LogP contribution in [0.1, 0.15) is 77.6 Å². The lowest BCUT2D eigenvalue weighted by molar-refractivity contribution is -0.120. The van der Waals surface area contributed by atoms with E-state index in [1.54, 1.807) is 6.08 Å². The smallest absolute Gasteiger partial charge is 0.142 e. The second kappa shape index (κ2) is 12.6. The second-order valence-electron chi connectivity index (χ2n) is 7.16. The summed E-state index contributed by atoms with van der Waals surface area (Å²) in [6.07, 6.45) is 12.7. The molecule has 1 saturated carbocycles. The fourth-order valence-electron chi connectivity index (χ4n) is 3.56. The van der Waals surface area contributed by atoms with Crippen LogP contribution in [-0.2, 0) is 4.79 Å². The van der Waals surface area contributed by atoms with Crippen LogP contribution in [0.25, 0.3) is 0 Å². The van der Waals surface area contributed by atoms with Crippen LogP contribution in [0.3, 0.4) is 0 Å². The number of aliphatic hydroxyl groups excluding tert-OH is 3. The molecule has 0 aliphatic heterocycles. The van der Waals surface area contributed by atoms with Crippen LogP contribution in [0.2, 0.25) is 0 Å². The van der Waals surface area contributed by atoms with Gasteiger partial charge in [-0.25, -0.2) is 0 Å². The van der Waals surface area contributed by atoms with Gasteiger partial charge in [0.1, 0.15) is 5.78 Å². The van der Waals surface area contributed by atoms with E-state index in [4.69, 9.17) is 5.11 Å². The molecule has 0 radical (unpaired) electrons. The maximum atomic E-state index is 12.1. The van der Waals surface area contributed by atoms with Gasteiger partial charge in [0, 0.05) is 18.9 Å². The van der Waals surface area contributed by atoms with Gasteiger partial charge in [0.05, 0.1) is 12.2 Å². The van der Waals surface area contributed by atoms with Crippen molar-refractivity contribution in [2.24, 2.45) is 11.8 Å². The average Bonchev–Trinajstić information content (AvgIpc) is 2.82. The molecule has 1 fully saturated rings. The van der Waals surface area contributed by atoms with E-state index in [2.05, 4.69) is 6.92 Å². The Bertz CT molecular complexity index is 367. The van der Waals surface area contributed by atoms with Crippen molar-refractivity contribution in [3.05, 3.63) is 12.2 Å². The molecule has 0 aromatic carbocycles. The van der Waals surface area contributed by atoms with E-state index in [0.29, 0.717) is 0 Å². The molecule has 3 N–H and O–H groups in total. The van der Waals surface area contributed by atoms with Gasteiger partial charge in [0.15, 0.2) is 0 Å². The van der Waals surface area contributed by atoms with E-state index < -0.39 is 12.2 Å².